The molecule has 30 heavy (non-hydrogen) atoms. The minimum atomic E-state index is 0.270. The highest BCUT2D eigenvalue weighted by molar-refractivity contribution is 5.18. The molecule has 3 saturated heterocycles. The van der Waals surface area contributed by atoms with Gasteiger partial charge in [-0.25, -0.2) is 4.98 Å². The summed E-state index contributed by atoms with van der Waals surface area (Å²) in [5, 5.41) is 7.79. The smallest absolute Gasteiger partial charge is 0.213 e. The summed E-state index contributed by atoms with van der Waals surface area (Å²) in [6.07, 6.45) is 8.59. The van der Waals surface area contributed by atoms with Crippen LogP contribution >= 0.6 is 0 Å². The van der Waals surface area contributed by atoms with Crippen molar-refractivity contribution >= 4 is 0 Å². The summed E-state index contributed by atoms with van der Waals surface area (Å²) < 4.78 is 11.1. The molecular weight excluding hydrogens is 378 g/mol. The van der Waals surface area contributed by atoms with Crippen molar-refractivity contribution in [3.8, 4) is 5.88 Å². The van der Waals surface area contributed by atoms with Crippen molar-refractivity contribution in [2.75, 3.05) is 32.8 Å². The largest absolute Gasteiger partial charge is 0.477 e. The van der Waals surface area contributed by atoms with Crippen LogP contribution in [-0.2, 0) is 6.54 Å². The van der Waals surface area contributed by atoms with Crippen LogP contribution in [0.2, 0.25) is 0 Å². The first kappa shape index (κ1) is 20.0. The van der Waals surface area contributed by atoms with E-state index in [1.54, 1.807) is 6.26 Å². The number of aromatic nitrogens is 2. The van der Waals surface area contributed by atoms with E-state index in [1.807, 2.05) is 18.3 Å². The molecule has 7 heteroatoms. The Bertz CT molecular complexity index is 796. The summed E-state index contributed by atoms with van der Waals surface area (Å²) in [5.41, 5.74) is 2.29. The van der Waals surface area contributed by atoms with Crippen molar-refractivity contribution in [2.45, 2.75) is 57.3 Å². The highest BCUT2D eigenvalue weighted by atomic mass is 16.5. The third-order valence-electron chi connectivity index (χ3n) is 7.10. The molecule has 4 unspecified atom stereocenters. The van der Waals surface area contributed by atoms with E-state index in [2.05, 4.69) is 38.2 Å². The SMILES string of the molecule is CC1CCCN1Cc1ccc(OCC2CCC3C(c4ccon4)NCCN3C2)nc1. The summed E-state index contributed by atoms with van der Waals surface area (Å²) in [7, 11) is 0. The second kappa shape index (κ2) is 9.04. The third-order valence-corrected chi connectivity index (χ3v) is 7.10. The molecule has 2 aromatic rings. The third kappa shape index (κ3) is 4.38. The first-order valence-electron chi connectivity index (χ1n) is 11.5. The molecule has 4 atom stereocenters. The van der Waals surface area contributed by atoms with Gasteiger partial charge in [-0.1, -0.05) is 11.2 Å². The minimum Gasteiger partial charge on any atom is -0.477 e. The molecule has 0 bridgehead atoms. The molecule has 5 rings (SSSR count). The second-order valence-electron chi connectivity index (χ2n) is 9.14. The van der Waals surface area contributed by atoms with E-state index in [-0.39, 0.29) is 6.04 Å². The number of rotatable bonds is 6. The molecule has 5 heterocycles. The maximum atomic E-state index is 6.08. The van der Waals surface area contributed by atoms with E-state index in [0.717, 1.165) is 50.8 Å². The molecule has 0 saturated carbocycles. The summed E-state index contributed by atoms with van der Waals surface area (Å²) in [6, 6.07) is 7.63. The van der Waals surface area contributed by atoms with E-state index in [9.17, 15) is 0 Å². The van der Waals surface area contributed by atoms with E-state index in [0.29, 0.717) is 18.0 Å². The number of likely N-dealkylation sites (tertiary alicyclic amines) is 1. The number of hydrogen-bond acceptors (Lipinski definition) is 7. The molecule has 0 aromatic carbocycles. The van der Waals surface area contributed by atoms with Crippen molar-refractivity contribution in [1.82, 2.24) is 25.3 Å². The van der Waals surface area contributed by atoms with E-state index in [1.165, 1.54) is 31.4 Å². The van der Waals surface area contributed by atoms with Crippen molar-refractivity contribution in [3.63, 3.8) is 0 Å². The van der Waals surface area contributed by atoms with Crippen molar-refractivity contribution in [3.05, 3.63) is 41.9 Å². The lowest BCUT2D eigenvalue weighted by Gasteiger charge is -2.46. The Hall–Kier alpha value is -1.96. The van der Waals surface area contributed by atoms with Crippen LogP contribution in [0.4, 0.5) is 0 Å². The predicted octanol–water partition coefficient (Wildman–Crippen LogP) is 2.86. The average Bonchev–Trinajstić information content (AvgIpc) is 3.45. The van der Waals surface area contributed by atoms with Gasteiger partial charge in [-0.2, -0.15) is 0 Å². The van der Waals surface area contributed by atoms with Crippen LogP contribution in [0, 0.1) is 5.92 Å². The molecule has 0 spiro atoms. The number of piperazine rings is 1. The van der Waals surface area contributed by atoms with Gasteiger partial charge in [0.15, 0.2) is 0 Å². The molecule has 3 aliphatic rings. The van der Waals surface area contributed by atoms with E-state index < -0.39 is 0 Å². The Morgan fingerprint density at radius 3 is 2.93 bits per heavy atom. The normalized spacial score (nSPS) is 30.3. The Labute approximate surface area is 178 Å². The van der Waals surface area contributed by atoms with Gasteiger partial charge in [0.1, 0.15) is 12.0 Å². The van der Waals surface area contributed by atoms with Crippen LogP contribution in [-0.4, -0.2) is 64.8 Å². The van der Waals surface area contributed by atoms with Crippen LogP contribution in [0.3, 0.4) is 0 Å². The molecule has 0 radical (unpaired) electrons. The fourth-order valence-electron chi connectivity index (χ4n) is 5.36. The summed E-state index contributed by atoms with van der Waals surface area (Å²) in [5.74, 6) is 1.29. The predicted molar refractivity (Wildman–Crippen MR) is 114 cm³/mol. The zero-order chi connectivity index (χ0) is 20.3. The van der Waals surface area contributed by atoms with Gasteiger partial charge < -0.3 is 14.6 Å². The van der Waals surface area contributed by atoms with Gasteiger partial charge in [-0.3, -0.25) is 9.80 Å². The topological polar surface area (TPSA) is 66.7 Å². The molecule has 3 aliphatic heterocycles. The molecule has 0 aliphatic carbocycles. The van der Waals surface area contributed by atoms with Gasteiger partial charge in [0.05, 0.1) is 12.6 Å². The van der Waals surface area contributed by atoms with Crippen molar-refractivity contribution < 1.29 is 9.26 Å². The monoisotopic (exact) mass is 411 g/mol. The van der Waals surface area contributed by atoms with Crippen molar-refractivity contribution in [2.24, 2.45) is 5.92 Å². The number of ether oxygens (including phenoxy) is 1. The second-order valence-corrected chi connectivity index (χ2v) is 9.14. The first-order chi connectivity index (χ1) is 14.8. The molecular formula is C23H33N5O2. The zero-order valence-corrected chi connectivity index (χ0v) is 17.9. The van der Waals surface area contributed by atoms with Gasteiger partial charge in [0.25, 0.3) is 0 Å². The lowest BCUT2D eigenvalue weighted by molar-refractivity contribution is 0.0368. The van der Waals surface area contributed by atoms with Gasteiger partial charge in [0, 0.05) is 62.5 Å². The maximum Gasteiger partial charge on any atom is 0.213 e. The van der Waals surface area contributed by atoms with Gasteiger partial charge in [0.2, 0.25) is 5.88 Å². The Morgan fingerprint density at radius 1 is 1.20 bits per heavy atom. The molecule has 0 amide bonds. The molecule has 7 nitrogen and oxygen atoms in total. The molecule has 162 valence electrons. The zero-order valence-electron chi connectivity index (χ0n) is 17.9. The number of nitrogens with zero attached hydrogens (tertiary/aromatic N) is 4. The van der Waals surface area contributed by atoms with Crippen molar-refractivity contribution in [1.29, 1.82) is 0 Å². The highest BCUT2D eigenvalue weighted by Crippen LogP contribution is 2.32. The Kier molecular flexibility index (Phi) is 6.02. The summed E-state index contributed by atoms with van der Waals surface area (Å²) in [6.45, 7) is 8.39. The number of hydrogen-bond donors (Lipinski definition) is 1. The van der Waals surface area contributed by atoms with E-state index >= 15 is 0 Å². The fraction of sp³-hybridized carbons (Fsp3) is 0.652. The maximum absolute atomic E-state index is 6.08. The number of nitrogens with one attached hydrogen (secondary N) is 1. The van der Waals surface area contributed by atoms with Crippen LogP contribution < -0.4 is 10.1 Å². The Balaban J connectivity index is 1.11. The number of pyridine rings is 1. The number of piperidine rings is 1. The minimum absolute atomic E-state index is 0.270. The summed E-state index contributed by atoms with van der Waals surface area (Å²) >= 11 is 0. The standard InChI is InChI=1S/C23H33N5O2/c1-17-3-2-10-27(17)14-18-5-7-22(25-13-18)29-16-19-4-6-21-23(20-8-12-30-26-20)24-9-11-28(21)15-19/h5,7-8,12-13,17,19,21,23-24H,2-4,6,9-11,14-16H2,1H3. The average molecular weight is 412 g/mol. The Morgan fingerprint density at radius 2 is 2.17 bits per heavy atom. The quantitative estimate of drug-likeness (QED) is 0.784. The molecule has 1 N–H and O–H groups in total. The first-order valence-corrected chi connectivity index (χ1v) is 11.5. The van der Waals surface area contributed by atoms with Gasteiger partial charge >= 0.3 is 0 Å². The lowest BCUT2D eigenvalue weighted by atomic mass is 9.87. The van der Waals surface area contributed by atoms with Crippen LogP contribution in [0.25, 0.3) is 0 Å². The van der Waals surface area contributed by atoms with Gasteiger partial charge in [-0.15, -0.1) is 0 Å². The molecule has 2 aromatic heterocycles. The fourth-order valence-corrected chi connectivity index (χ4v) is 5.36. The summed E-state index contributed by atoms with van der Waals surface area (Å²) in [4.78, 5) is 9.70. The van der Waals surface area contributed by atoms with Gasteiger partial charge in [-0.05, 0) is 44.7 Å². The number of fused-ring (bicyclic) bond motifs is 1. The van der Waals surface area contributed by atoms with Crippen LogP contribution in [0.1, 0.15) is 49.9 Å². The van der Waals surface area contributed by atoms with Crippen LogP contribution in [0.5, 0.6) is 5.88 Å². The highest BCUT2D eigenvalue weighted by Gasteiger charge is 2.38. The lowest BCUT2D eigenvalue weighted by Crippen LogP contribution is -2.57. The molecule has 3 fully saturated rings. The van der Waals surface area contributed by atoms with Crippen LogP contribution in [0.15, 0.2) is 35.2 Å². The van der Waals surface area contributed by atoms with E-state index in [4.69, 9.17) is 9.26 Å².